The molecule has 142 valence electrons. The van der Waals surface area contributed by atoms with Crippen molar-refractivity contribution in [2.75, 3.05) is 0 Å². The summed E-state index contributed by atoms with van der Waals surface area (Å²) in [5.41, 5.74) is 0. The average Bonchev–Trinajstić information content (AvgIpc) is 2.67. The number of rotatable bonds is 7. The molecule has 0 aromatic heterocycles. The zero-order valence-corrected chi connectivity index (χ0v) is 17.3. The van der Waals surface area contributed by atoms with Crippen molar-refractivity contribution in [2.45, 2.75) is 44.8 Å². The number of carbonyl (C=O) groups excluding carboxylic acids is 1. The smallest absolute Gasteiger partial charge is 0.138 e. The molecule has 6 heteroatoms. The van der Waals surface area contributed by atoms with Gasteiger partial charge in [-0.2, -0.15) is 4.91 Å². The van der Waals surface area contributed by atoms with E-state index in [4.69, 9.17) is 9.47 Å². The lowest BCUT2D eigenvalue weighted by Gasteiger charge is -2.28. The number of nitroso groups, excluding NO2 is 1. The fraction of sp³-hybridized carbons (Fsp3) is 0.381. The van der Waals surface area contributed by atoms with E-state index in [1.807, 2.05) is 36.4 Å². The normalized spacial score (nSPS) is 19.2. The predicted octanol–water partition coefficient (Wildman–Crippen LogP) is 5.75. The van der Waals surface area contributed by atoms with Gasteiger partial charge in [-0.1, -0.05) is 11.6 Å². The molecule has 0 bridgehead atoms. The first-order chi connectivity index (χ1) is 13.1. The van der Waals surface area contributed by atoms with Crippen LogP contribution in [0.5, 0.6) is 17.2 Å². The second-order valence-electron chi connectivity index (χ2n) is 6.76. The molecule has 0 radical (unpaired) electrons. The van der Waals surface area contributed by atoms with Crippen LogP contribution < -0.4 is 9.47 Å². The Morgan fingerprint density at radius 3 is 2.19 bits per heavy atom. The van der Waals surface area contributed by atoms with E-state index < -0.39 is 12.1 Å². The summed E-state index contributed by atoms with van der Waals surface area (Å²) < 4.78 is 12.8. The van der Waals surface area contributed by atoms with Gasteiger partial charge in [0.15, 0.2) is 0 Å². The zero-order chi connectivity index (χ0) is 19.2. The van der Waals surface area contributed by atoms with Gasteiger partial charge >= 0.3 is 0 Å². The molecule has 3 atom stereocenters. The fourth-order valence-corrected chi connectivity index (χ4v) is 3.73. The Morgan fingerprint density at radius 2 is 1.59 bits per heavy atom. The summed E-state index contributed by atoms with van der Waals surface area (Å²) in [6.07, 6.45) is 2.65. The molecule has 2 aromatic rings. The van der Waals surface area contributed by atoms with Crippen molar-refractivity contribution < 1.29 is 14.3 Å². The molecule has 1 saturated carbocycles. The molecule has 1 aliphatic carbocycles. The summed E-state index contributed by atoms with van der Waals surface area (Å²) in [4.78, 5) is 23.5. The van der Waals surface area contributed by atoms with Crippen LogP contribution in [0.15, 0.2) is 53.7 Å². The maximum Gasteiger partial charge on any atom is 0.138 e. The largest absolute Gasteiger partial charge is 0.488 e. The monoisotopic (exact) mass is 479 g/mol. The lowest BCUT2D eigenvalue weighted by atomic mass is 9.81. The number of nitrogens with zero attached hydrogens (tertiary/aromatic N) is 1. The van der Waals surface area contributed by atoms with Crippen molar-refractivity contribution in [1.29, 1.82) is 0 Å². The molecule has 0 N–H and O–H groups in total. The van der Waals surface area contributed by atoms with Gasteiger partial charge < -0.3 is 9.47 Å². The molecular weight excluding hydrogens is 457 g/mol. The maximum absolute atomic E-state index is 12.1. The molecule has 1 aliphatic rings. The number of Topliss-reactive ketones (excluding diaryl/α,β-unsaturated/α-hetero) is 1. The van der Waals surface area contributed by atoms with Crippen LogP contribution in [0, 0.1) is 14.4 Å². The second-order valence-corrected chi connectivity index (χ2v) is 8.01. The van der Waals surface area contributed by atoms with Crippen LogP contribution in [0.25, 0.3) is 0 Å². The minimum Gasteiger partial charge on any atom is -0.488 e. The Labute approximate surface area is 172 Å². The minimum absolute atomic E-state index is 0.127. The number of hydrogen-bond acceptors (Lipinski definition) is 5. The fourth-order valence-electron chi connectivity index (χ4n) is 3.37. The van der Waals surface area contributed by atoms with Crippen LogP contribution in [-0.4, -0.2) is 17.9 Å². The molecule has 0 heterocycles. The van der Waals surface area contributed by atoms with Crippen molar-refractivity contribution >= 4 is 28.4 Å². The summed E-state index contributed by atoms with van der Waals surface area (Å²) in [6.45, 7) is 1.80. The van der Waals surface area contributed by atoms with Crippen LogP contribution in [-0.2, 0) is 4.79 Å². The Morgan fingerprint density at radius 1 is 1.00 bits per heavy atom. The number of carbonyl (C=O) groups is 1. The van der Waals surface area contributed by atoms with E-state index in [2.05, 4.69) is 27.8 Å². The summed E-state index contributed by atoms with van der Waals surface area (Å²) in [6, 6.07) is 14.4. The van der Waals surface area contributed by atoms with Gasteiger partial charge in [-0.05, 0) is 90.9 Å². The molecule has 0 saturated heterocycles. The summed E-state index contributed by atoms with van der Waals surface area (Å²) in [5.74, 6) is 1.88. The van der Waals surface area contributed by atoms with E-state index in [-0.39, 0.29) is 11.7 Å². The number of benzene rings is 2. The molecule has 27 heavy (non-hydrogen) atoms. The van der Waals surface area contributed by atoms with Crippen LogP contribution >= 0.6 is 22.6 Å². The van der Waals surface area contributed by atoms with E-state index in [1.54, 1.807) is 19.1 Å². The molecule has 0 aliphatic heterocycles. The van der Waals surface area contributed by atoms with Gasteiger partial charge in [-0.3, -0.25) is 4.79 Å². The van der Waals surface area contributed by atoms with Gasteiger partial charge in [0.05, 0.1) is 0 Å². The molecule has 3 rings (SSSR count). The Bertz CT molecular complexity index is 776. The Balaban J connectivity index is 1.61. The molecule has 1 fully saturated rings. The van der Waals surface area contributed by atoms with Crippen LogP contribution in [0.1, 0.15) is 32.6 Å². The number of halogens is 1. The highest BCUT2D eigenvalue weighted by Crippen LogP contribution is 2.30. The Hall–Kier alpha value is -1.96. The van der Waals surface area contributed by atoms with Crippen molar-refractivity contribution in [3.8, 4) is 17.2 Å². The predicted molar refractivity (Wildman–Crippen MR) is 112 cm³/mol. The van der Waals surface area contributed by atoms with Crippen LogP contribution in [0.2, 0.25) is 0 Å². The standard InChI is InChI=1S/C21H22INO4/c1-14(21(23-25)19-4-2-3-5-20(19)24)26-16-10-12-18(13-11-16)27-17-8-6-15(22)7-9-17/h6-14,19,21H,2-5H2,1H3. The first kappa shape index (κ1) is 19.8. The van der Waals surface area contributed by atoms with Crippen LogP contribution in [0.3, 0.4) is 0 Å². The summed E-state index contributed by atoms with van der Waals surface area (Å²) in [7, 11) is 0. The molecular formula is C21H22INO4. The lowest BCUT2D eigenvalue weighted by Crippen LogP contribution is -2.39. The number of ketones is 1. The van der Waals surface area contributed by atoms with Gasteiger partial charge in [-0.25, -0.2) is 0 Å². The van der Waals surface area contributed by atoms with E-state index in [0.29, 0.717) is 24.3 Å². The van der Waals surface area contributed by atoms with Gasteiger partial charge in [0.1, 0.15) is 35.2 Å². The number of ether oxygens (including phenoxy) is 2. The maximum atomic E-state index is 12.1. The van der Waals surface area contributed by atoms with Gasteiger partial charge in [0.2, 0.25) is 0 Å². The lowest BCUT2D eigenvalue weighted by molar-refractivity contribution is -0.126. The zero-order valence-electron chi connectivity index (χ0n) is 15.1. The average molecular weight is 479 g/mol. The first-order valence-corrected chi connectivity index (χ1v) is 10.2. The summed E-state index contributed by atoms with van der Waals surface area (Å²) in [5, 5.41) is 3.22. The van der Waals surface area contributed by atoms with E-state index in [0.717, 1.165) is 22.2 Å². The van der Waals surface area contributed by atoms with Crippen molar-refractivity contribution in [2.24, 2.45) is 11.1 Å². The van der Waals surface area contributed by atoms with E-state index >= 15 is 0 Å². The second kappa shape index (κ2) is 9.30. The van der Waals surface area contributed by atoms with Crippen molar-refractivity contribution in [1.82, 2.24) is 0 Å². The SMILES string of the molecule is CC(Oc1ccc(Oc2ccc(I)cc2)cc1)C(N=O)C1CCCCC1=O. The van der Waals surface area contributed by atoms with E-state index in [9.17, 15) is 9.70 Å². The molecule has 5 nitrogen and oxygen atoms in total. The minimum atomic E-state index is -0.652. The molecule has 0 spiro atoms. The molecule has 2 aromatic carbocycles. The van der Waals surface area contributed by atoms with Gasteiger partial charge in [0.25, 0.3) is 0 Å². The first-order valence-electron chi connectivity index (χ1n) is 9.12. The van der Waals surface area contributed by atoms with Crippen LogP contribution in [0.4, 0.5) is 0 Å². The highest BCUT2D eigenvalue weighted by molar-refractivity contribution is 14.1. The van der Waals surface area contributed by atoms with Gasteiger partial charge in [-0.15, -0.1) is 0 Å². The highest BCUT2D eigenvalue weighted by Gasteiger charge is 2.35. The van der Waals surface area contributed by atoms with Gasteiger partial charge in [0, 0.05) is 15.9 Å². The summed E-state index contributed by atoms with van der Waals surface area (Å²) >= 11 is 2.25. The van der Waals surface area contributed by atoms with Crippen molar-refractivity contribution in [3.05, 3.63) is 57.0 Å². The quantitative estimate of drug-likeness (QED) is 0.375. The Kier molecular flexibility index (Phi) is 6.82. The number of hydrogen-bond donors (Lipinski definition) is 0. The molecule has 3 unspecified atom stereocenters. The topological polar surface area (TPSA) is 65.0 Å². The third-order valence-corrected chi connectivity index (χ3v) is 5.53. The highest BCUT2D eigenvalue weighted by atomic mass is 127. The third-order valence-electron chi connectivity index (χ3n) is 4.81. The molecule has 0 amide bonds. The van der Waals surface area contributed by atoms with E-state index in [1.165, 1.54) is 0 Å². The van der Waals surface area contributed by atoms with Crippen molar-refractivity contribution in [3.63, 3.8) is 0 Å². The third kappa shape index (κ3) is 5.28.